The molecule has 2 nitrogen and oxygen atoms in total. The summed E-state index contributed by atoms with van der Waals surface area (Å²) in [4.78, 5) is 0. The zero-order valence-corrected chi connectivity index (χ0v) is 12.6. The van der Waals surface area contributed by atoms with Crippen LogP contribution in [0.15, 0.2) is 47.4 Å². The summed E-state index contributed by atoms with van der Waals surface area (Å²) in [6, 6.07) is 0. The third kappa shape index (κ3) is 4.44. The van der Waals surface area contributed by atoms with Crippen molar-refractivity contribution in [2.45, 2.75) is 34.6 Å². The molecule has 0 aromatic carbocycles. The van der Waals surface area contributed by atoms with Crippen molar-refractivity contribution in [2.75, 3.05) is 7.11 Å². The molecule has 0 rings (SSSR count). The maximum atomic E-state index is 6.07. The van der Waals surface area contributed by atoms with Crippen LogP contribution in [0.25, 0.3) is 0 Å². The summed E-state index contributed by atoms with van der Waals surface area (Å²) in [7, 11) is 1.59. The first-order valence-electron chi connectivity index (χ1n) is 6.39. The van der Waals surface area contributed by atoms with Crippen LogP contribution in [0.3, 0.4) is 0 Å². The fraction of sp³-hybridized carbons (Fsp3) is 0.500. The highest BCUT2D eigenvalue weighted by molar-refractivity contribution is 5.41. The Morgan fingerprint density at radius 3 is 2.22 bits per heavy atom. The predicted molar refractivity (Wildman–Crippen MR) is 79.9 cm³/mol. The molecule has 2 N–H and O–H groups in total. The van der Waals surface area contributed by atoms with Crippen LogP contribution in [-0.4, -0.2) is 7.11 Å². The molecule has 2 heteroatoms. The fourth-order valence-corrected chi connectivity index (χ4v) is 1.65. The van der Waals surface area contributed by atoms with E-state index in [-0.39, 0.29) is 0 Å². The molecule has 18 heavy (non-hydrogen) atoms. The van der Waals surface area contributed by atoms with E-state index in [1.54, 1.807) is 7.11 Å². The highest BCUT2D eigenvalue weighted by Gasteiger charge is 2.16. The highest BCUT2D eigenvalue weighted by Crippen LogP contribution is 2.28. The Bertz CT molecular complexity index is 373. The van der Waals surface area contributed by atoms with E-state index in [0.717, 1.165) is 5.57 Å². The Balaban J connectivity index is 5.53. The molecule has 0 aromatic rings. The van der Waals surface area contributed by atoms with Gasteiger partial charge in [-0.2, -0.15) is 0 Å². The molecule has 0 fully saturated rings. The maximum Gasteiger partial charge on any atom is 0.134 e. The number of nitrogens with two attached hydrogens (primary N) is 1. The molecule has 102 valence electrons. The number of methoxy groups -OCH3 is 1. The van der Waals surface area contributed by atoms with Crippen LogP contribution in [0.2, 0.25) is 0 Å². The van der Waals surface area contributed by atoms with E-state index >= 15 is 0 Å². The van der Waals surface area contributed by atoms with Crippen LogP contribution in [0, 0.1) is 11.8 Å². The highest BCUT2D eigenvalue weighted by atomic mass is 16.5. The largest absolute Gasteiger partial charge is 0.495 e. The van der Waals surface area contributed by atoms with Gasteiger partial charge in [-0.05, 0) is 36.8 Å². The molecule has 0 amide bonds. The molecule has 0 aromatic heterocycles. The molecule has 0 saturated carbocycles. The van der Waals surface area contributed by atoms with Crippen molar-refractivity contribution in [3.8, 4) is 0 Å². The van der Waals surface area contributed by atoms with Crippen molar-refractivity contribution in [2.24, 2.45) is 17.6 Å². The molecule has 0 radical (unpaired) electrons. The number of allylic oxidation sites excluding steroid dienone is 5. The number of hydrogen-bond acceptors (Lipinski definition) is 2. The molecule has 0 aliphatic rings. The summed E-state index contributed by atoms with van der Waals surface area (Å²) in [6.45, 7) is 14.5. The predicted octanol–water partition coefficient (Wildman–Crippen LogP) is 4.17. The van der Waals surface area contributed by atoms with Gasteiger partial charge in [0.1, 0.15) is 5.76 Å². The van der Waals surface area contributed by atoms with Crippen molar-refractivity contribution in [1.29, 1.82) is 0 Å². The normalized spacial score (nSPS) is 15.8. The zero-order valence-electron chi connectivity index (χ0n) is 12.6. The van der Waals surface area contributed by atoms with Crippen LogP contribution < -0.4 is 5.73 Å². The molecule has 0 aliphatic heterocycles. The van der Waals surface area contributed by atoms with Crippen molar-refractivity contribution in [3.05, 3.63) is 47.4 Å². The van der Waals surface area contributed by atoms with Gasteiger partial charge < -0.3 is 10.5 Å². The number of hydrogen-bond donors (Lipinski definition) is 1. The third-order valence-corrected chi connectivity index (χ3v) is 3.34. The molecule has 0 bridgehead atoms. The molecule has 0 aliphatic carbocycles. The molecule has 1 unspecified atom stereocenters. The minimum absolute atomic E-state index is 0.435. The second-order valence-corrected chi connectivity index (χ2v) is 4.85. The van der Waals surface area contributed by atoms with Gasteiger partial charge in [0.15, 0.2) is 0 Å². The summed E-state index contributed by atoms with van der Waals surface area (Å²) in [5, 5.41) is 0. The van der Waals surface area contributed by atoms with Gasteiger partial charge in [-0.1, -0.05) is 45.6 Å². The quantitative estimate of drug-likeness (QED) is 0.566. The van der Waals surface area contributed by atoms with E-state index < -0.39 is 0 Å². The average Bonchev–Trinajstić information content (AvgIpc) is 2.36. The summed E-state index contributed by atoms with van der Waals surface area (Å²) < 4.78 is 5.11. The number of rotatable bonds is 6. The zero-order chi connectivity index (χ0) is 14.3. The van der Waals surface area contributed by atoms with E-state index in [0.29, 0.717) is 23.3 Å². The van der Waals surface area contributed by atoms with E-state index in [9.17, 15) is 0 Å². The van der Waals surface area contributed by atoms with Gasteiger partial charge in [0.2, 0.25) is 0 Å². The van der Waals surface area contributed by atoms with Crippen LogP contribution in [0.1, 0.15) is 34.6 Å². The first-order chi connectivity index (χ1) is 8.36. The van der Waals surface area contributed by atoms with Gasteiger partial charge in [0.25, 0.3) is 0 Å². The topological polar surface area (TPSA) is 35.2 Å². The van der Waals surface area contributed by atoms with Crippen LogP contribution in [0.4, 0.5) is 0 Å². The van der Waals surface area contributed by atoms with Crippen molar-refractivity contribution in [3.63, 3.8) is 0 Å². The molecule has 0 saturated heterocycles. The Labute approximate surface area is 112 Å². The maximum absolute atomic E-state index is 6.07. The number of ether oxygens (including phenoxy) is 1. The lowest BCUT2D eigenvalue weighted by Gasteiger charge is -2.22. The first-order valence-corrected chi connectivity index (χ1v) is 6.39. The van der Waals surface area contributed by atoms with E-state index in [2.05, 4.69) is 33.4 Å². The molecule has 1 atom stereocenters. The van der Waals surface area contributed by atoms with E-state index in [1.807, 2.05) is 26.0 Å². The second-order valence-electron chi connectivity index (χ2n) is 4.85. The van der Waals surface area contributed by atoms with Crippen molar-refractivity contribution >= 4 is 0 Å². The van der Waals surface area contributed by atoms with Gasteiger partial charge in [0, 0.05) is 0 Å². The molecule has 0 spiro atoms. The fourth-order valence-electron chi connectivity index (χ4n) is 1.65. The minimum atomic E-state index is 0.435. The van der Waals surface area contributed by atoms with Crippen molar-refractivity contribution < 1.29 is 4.74 Å². The lowest BCUT2D eigenvalue weighted by atomic mass is 9.85. The monoisotopic (exact) mass is 249 g/mol. The standard InChI is InChI=1S/C16H27NO/c1-8-9-10-15(12(4)11(2)3)13(5)16(17)14(6)18-7/h8-12H,6,17H2,1-5,7H3/b9-8-,15-10-,16-13-. The Morgan fingerprint density at radius 1 is 1.28 bits per heavy atom. The van der Waals surface area contributed by atoms with Crippen LogP contribution >= 0.6 is 0 Å². The van der Waals surface area contributed by atoms with Gasteiger partial charge in [-0.15, -0.1) is 0 Å². The Hall–Kier alpha value is -1.44. The van der Waals surface area contributed by atoms with Crippen LogP contribution in [-0.2, 0) is 4.74 Å². The van der Waals surface area contributed by atoms with Crippen LogP contribution in [0.5, 0.6) is 0 Å². The molecular formula is C16H27NO. The summed E-state index contributed by atoms with van der Waals surface area (Å²) in [5.41, 5.74) is 8.98. The van der Waals surface area contributed by atoms with E-state index in [4.69, 9.17) is 10.5 Å². The smallest absolute Gasteiger partial charge is 0.134 e. The average molecular weight is 249 g/mol. The lowest BCUT2D eigenvalue weighted by Crippen LogP contribution is -2.13. The molecule has 0 heterocycles. The molecular weight excluding hydrogens is 222 g/mol. The summed E-state index contributed by atoms with van der Waals surface area (Å²) in [5.74, 6) is 1.51. The van der Waals surface area contributed by atoms with E-state index in [1.165, 1.54) is 5.57 Å². The minimum Gasteiger partial charge on any atom is -0.495 e. The van der Waals surface area contributed by atoms with Gasteiger partial charge in [-0.25, -0.2) is 0 Å². The van der Waals surface area contributed by atoms with Crippen molar-refractivity contribution in [1.82, 2.24) is 0 Å². The summed E-state index contributed by atoms with van der Waals surface area (Å²) >= 11 is 0. The lowest BCUT2D eigenvalue weighted by molar-refractivity contribution is 0.301. The SMILES string of the molecule is C=C(OC)/C(N)=C(C)/C(=C\C=C/C)C(C)C(C)C. The summed E-state index contributed by atoms with van der Waals surface area (Å²) in [6.07, 6.45) is 6.18. The van der Waals surface area contributed by atoms with Gasteiger partial charge in [0.05, 0.1) is 12.8 Å². The Kier molecular flexibility index (Phi) is 7.18. The van der Waals surface area contributed by atoms with Gasteiger partial charge in [-0.3, -0.25) is 0 Å². The first kappa shape index (κ1) is 16.6. The second kappa shape index (κ2) is 7.80. The van der Waals surface area contributed by atoms with Gasteiger partial charge >= 0.3 is 0 Å². The Morgan fingerprint density at radius 2 is 1.83 bits per heavy atom. The third-order valence-electron chi connectivity index (χ3n) is 3.34.